The van der Waals surface area contributed by atoms with Crippen LogP contribution in [0.25, 0.3) is 0 Å². The van der Waals surface area contributed by atoms with Crippen LogP contribution in [0.3, 0.4) is 0 Å². The molecule has 2 saturated carbocycles. The van der Waals surface area contributed by atoms with E-state index in [1.807, 2.05) is 0 Å². The second-order valence-electron chi connectivity index (χ2n) is 9.88. The molecule has 0 bridgehead atoms. The van der Waals surface area contributed by atoms with Crippen molar-refractivity contribution in [1.29, 1.82) is 0 Å². The van der Waals surface area contributed by atoms with Gasteiger partial charge >= 0.3 is 0 Å². The summed E-state index contributed by atoms with van der Waals surface area (Å²) in [5.74, 6) is 1.53. The van der Waals surface area contributed by atoms with Crippen LogP contribution < -0.4 is 11.1 Å². The monoisotopic (exact) mass is 474 g/mol. The molecule has 0 aliphatic heterocycles. The lowest BCUT2D eigenvalue weighted by Gasteiger charge is -2.32. The van der Waals surface area contributed by atoms with Crippen molar-refractivity contribution in [3.05, 3.63) is 34.9 Å². The van der Waals surface area contributed by atoms with Gasteiger partial charge in [-0.25, -0.2) is 4.99 Å². The molecule has 2 amide bonds. The zero-order valence-corrected chi connectivity index (χ0v) is 20.6. The molecule has 0 saturated heterocycles. The number of nitrogens with zero attached hydrogens (tertiary/aromatic N) is 2. The lowest BCUT2D eigenvalue weighted by molar-refractivity contribution is -0.114. The molecule has 2 fully saturated rings. The van der Waals surface area contributed by atoms with E-state index in [1.165, 1.54) is 43.4 Å². The van der Waals surface area contributed by atoms with E-state index in [4.69, 9.17) is 22.3 Å². The third-order valence-electron chi connectivity index (χ3n) is 7.30. The van der Waals surface area contributed by atoms with E-state index in [-0.39, 0.29) is 18.0 Å². The van der Waals surface area contributed by atoms with Gasteiger partial charge in [0, 0.05) is 23.7 Å². The maximum atomic E-state index is 12.7. The Labute approximate surface area is 203 Å². The minimum Gasteiger partial charge on any atom is -0.369 e. The number of benzene rings is 1. The highest BCUT2D eigenvalue weighted by atomic mass is 35.5. The van der Waals surface area contributed by atoms with E-state index < -0.39 is 0 Å². The van der Waals surface area contributed by atoms with Gasteiger partial charge in [-0.15, -0.1) is 0 Å². The molecule has 0 aromatic heterocycles. The Bertz CT molecular complexity index is 792. The molecule has 1 aromatic rings. The third-order valence-corrected chi connectivity index (χ3v) is 7.55. The summed E-state index contributed by atoms with van der Waals surface area (Å²) < 4.78 is 0. The molecule has 0 unspecified atom stereocenters. The van der Waals surface area contributed by atoms with Crippen LogP contribution in [-0.2, 0) is 4.79 Å². The maximum absolute atomic E-state index is 12.7. The summed E-state index contributed by atoms with van der Waals surface area (Å²) in [6.07, 6.45) is 14.7. The molecule has 6 nitrogen and oxygen atoms in total. The first-order valence-electron chi connectivity index (χ1n) is 12.5. The van der Waals surface area contributed by atoms with Crippen molar-refractivity contribution in [2.75, 3.05) is 7.05 Å². The van der Waals surface area contributed by atoms with Gasteiger partial charge in [-0.3, -0.25) is 14.5 Å². The topological polar surface area (TPSA) is 87.8 Å². The molecular formula is C26H39ClN4O2. The van der Waals surface area contributed by atoms with Crippen LogP contribution >= 0.6 is 11.6 Å². The number of carbonyl (C=O) groups excluding carboxylic acids is 2. The highest BCUT2D eigenvalue weighted by Crippen LogP contribution is 2.32. The molecule has 182 valence electrons. The van der Waals surface area contributed by atoms with Crippen molar-refractivity contribution in [2.45, 2.75) is 89.1 Å². The van der Waals surface area contributed by atoms with Crippen molar-refractivity contribution in [3.8, 4) is 0 Å². The number of guanidine groups is 1. The first kappa shape index (κ1) is 25.5. The Morgan fingerprint density at radius 3 is 2.55 bits per heavy atom. The number of carbonyl (C=O) groups is 2. The van der Waals surface area contributed by atoms with Gasteiger partial charge in [-0.2, -0.15) is 0 Å². The molecule has 2 aliphatic carbocycles. The second kappa shape index (κ2) is 13.0. The molecule has 1 aromatic carbocycles. The van der Waals surface area contributed by atoms with Gasteiger partial charge in [-0.05, 0) is 68.2 Å². The molecule has 33 heavy (non-hydrogen) atoms. The Morgan fingerprint density at radius 1 is 1.15 bits per heavy atom. The number of halogens is 1. The summed E-state index contributed by atoms with van der Waals surface area (Å²) >= 11 is 5.94. The van der Waals surface area contributed by atoms with Crippen LogP contribution in [0.1, 0.15) is 87.4 Å². The van der Waals surface area contributed by atoms with Crippen molar-refractivity contribution >= 4 is 29.9 Å². The van der Waals surface area contributed by atoms with Crippen molar-refractivity contribution in [1.82, 2.24) is 10.2 Å². The fourth-order valence-electron chi connectivity index (χ4n) is 5.36. The Kier molecular flexibility index (Phi) is 10.0. The van der Waals surface area contributed by atoms with Crippen LogP contribution in [0, 0.1) is 11.8 Å². The summed E-state index contributed by atoms with van der Waals surface area (Å²) in [6, 6.07) is 7.31. The largest absolute Gasteiger partial charge is 0.369 e. The van der Waals surface area contributed by atoms with Crippen LogP contribution in [0.5, 0.6) is 0 Å². The molecule has 7 heteroatoms. The van der Waals surface area contributed by atoms with Gasteiger partial charge in [-0.1, -0.05) is 56.5 Å². The fraction of sp³-hybridized carbons (Fsp3) is 0.654. The molecule has 0 heterocycles. The van der Waals surface area contributed by atoms with E-state index in [1.54, 1.807) is 31.3 Å². The first-order valence-corrected chi connectivity index (χ1v) is 12.9. The number of aliphatic imine (C=N–C) groups is 1. The maximum Gasteiger partial charge on any atom is 0.251 e. The van der Waals surface area contributed by atoms with Gasteiger partial charge in [0.2, 0.25) is 6.41 Å². The molecule has 3 rings (SSSR count). The minimum atomic E-state index is -0.0407. The number of hydrogen-bond acceptors (Lipinski definition) is 3. The average molecular weight is 475 g/mol. The predicted molar refractivity (Wildman–Crippen MR) is 134 cm³/mol. The average Bonchev–Trinajstić information content (AvgIpc) is 2.83. The lowest BCUT2D eigenvalue weighted by atomic mass is 9.80. The number of amides is 2. The highest BCUT2D eigenvalue weighted by molar-refractivity contribution is 6.30. The zero-order valence-electron chi connectivity index (χ0n) is 19.8. The van der Waals surface area contributed by atoms with E-state index in [0.717, 1.165) is 44.4 Å². The summed E-state index contributed by atoms with van der Waals surface area (Å²) in [5.41, 5.74) is 6.73. The summed E-state index contributed by atoms with van der Waals surface area (Å²) in [4.78, 5) is 29.9. The third kappa shape index (κ3) is 8.33. The van der Waals surface area contributed by atoms with Crippen LogP contribution in [0.4, 0.5) is 0 Å². The SMILES string of the molecule is CN(C=O)C(N)=N[C@H](CCC1CCCCC1)C[C@H]1CCC[C@@H](NC(=O)c2ccc(Cl)cc2)C1. The number of hydrogen-bond donors (Lipinski definition) is 2. The molecule has 3 N–H and O–H groups in total. The zero-order chi connectivity index (χ0) is 23.6. The molecule has 0 spiro atoms. The highest BCUT2D eigenvalue weighted by Gasteiger charge is 2.27. The van der Waals surface area contributed by atoms with Crippen LogP contribution in [0.2, 0.25) is 5.02 Å². The Hall–Kier alpha value is -2.08. The number of nitrogens with one attached hydrogen (secondary N) is 1. The number of rotatable bonds is 9. The van der Waals surface area contributed by atoms with Gasteiger partial charge in [0.15, 0.2) is 5.96 Å². The fourth-order valence-corrected chi connectivity index (χ4v) is 5.49. The summed E-state index contributed by atoms with van der Waals surface area (Å²) in [5, 5.41) is 3.84. The summed E-state index contributed by atoms with van der Waals surface area (Å²) in [6.45, 7) is 0. The number of nitrogens with two attached hydrogens (primary N) is 1. The standard InChI is InChI=1S/C26H39ClN4O2/c1-31(18-32)26(28)30-24(15-10-19-6-3-2-4-7-19)17-20-8-5-9-23(16-20)29-25(33)21-11-13-22(27)14-12-21/h11-14,18-20,23-24H,2-10,15-17H2,1H3,(H2,28,30)(H,29,33)/t20-,23+,24+/m0/s1. The predicted octanol–water partition coefficient (Wildman–Crippen LogP) is 5.15. The van der Waals surface area contributed by atoms with E-state index >= 15 is 0 Å². The normalized spacial score (nSPS) is 23.0. The van der Waals surface area contributed by atoms with Gasteiger partial charge in [0.05, 0.1) is 6.04 Å². The summed E-state index contributed by atoms with van der Waals surface area (Å²) in [7, 11) is 1.65. The van der Waals surface area contributed by atoms with Crippen LogP contribution in [-0.4, -0.2) is 42.3 Å². The molecular weight excluding hydrogens is 436 g/mol. The van der Waals surface area contributed by atoms with Crippen molar-refractivity contribution in [3.63, 3.8) is 0 Å². The van der Waals surface area contributed by atoms with E-state index in [9.17, 15) is 9.59 Å². The minimum absolute atomic E-state index is 0.0407. The second-order valence-corrected chi connectivity index (χ2v) is 10.3. The van der Waals surface area contributed by atoms with Crippen molar-refractivity contribution < 1.29 is 9.59 Å². The lowest BCUT2D eigenvalue weighted by Crippen LogP contribution is -2.39. The Balaban J connectivity index is 1.58. The van der Waals surface area contributed by atoms with Crippen LogP contribution in [0.15, 0.2) is 29.3 Å². The quantitative estimate of drug-likeness (QED) is 0.294. The smallest absolute Gasteiger partial charge is 0.251 e. The van der Waals surface area contributed by atoms with Gasteiger partial charge in [0.1, 0.15) is 0 Å². The Morgan fingerprint density at radius 2 is 1.85 bits per heavy atom. The van der Waals surface area contributed by atoms with Crippen molar-refractivity contribution in [2.24, 2.45) is 22.6 Å². The van der Waals surface area contributed by atoms with Gasteiger partial charge < -0.3 is 11.1 Å². The van der Waals surface area contributed by atoms with E-state index in [0.29, 0.717) is 28.9 Å². The van der Waals surface area contributed by atoms with Gasteiger partial charge in [0.25, 0.3) is 5.91 Å². The van der Waals surface area contributed by atoms with E-state index in [2.05, 4.69) is 5.32 Å². The molecule has 0 radical (unpaired) electrons. The molecule has 3 atom stereocenters. The first-order chi connectivity index (χ1) is 15.9. The molecule has 2 aliphatic rings.